The van der Waals surface area contributed by atoms with Gasteiger partial charge in [-0.1, -0.05) is 36.0 Å². The monoisotopic (exact) mass is 334 g/mol. The van der Waals surface area contributed by atoms with Gasteiger partial charge in [0.15, 0.2) is 0 Å². The number of hydrazone groups is 1. The van der Waals surface area contributed by atoms with Crippen LogP contribution in [0.2, 0.25) is 0 Å². The van der Waals surface area contributed by atoms with E-state index in [1.165, 1.54) is 0 Å². The second kappa shape index (κ2) is 5.98. The molecule has 2 aromatic rings. The minimum absolute atomic E-state index is 0.187. The van der Waals surface area contributed by atoms with E-state index in [1.807, 2.05) is 49.4 Å². The molecule has 5 nitrogen and oxygen atoms in total. The highest BCUT2D eigenvalue weighted by Gasteiger charge is 2.26. The van der Waals surface area contributed by atoms with Gasteiger partial charge in [-0.3, -0.25) is 4.79 Å². The van der Waals surface area contributed by atoms with E-state index in [0.717, 1.165) is 26.9 Å². The Hall–Kier alpha value is -2.86. The summed E-state index contributed by atoms with van der Waals surface area (Å²) in [5, 5.41) is 8.26. The van der Waals surface area contributed by atoms with Gasteiger partial charge in [-0.15, -0.1) is 0 Å². The Morgan fingerprint density at radius 1 is 1.08 bits per heavy atom. The Morgan fingerprint density at radius 3 is 2.67 bits per heavy atom. The van der Waals surface area contributed by atoms with Crippen LogP contribution in [0.15, 0.2) is 76.1 Å². The highest BCUT2D eigenvalue weighted by molar-refractivity contribution is 8.08. The third-order valence-electron chi connectivity index (χ3n) is 3.77. The molecule has 4 rings (SSSR count). The number of aromatic nitrogens is 1. The van der Waals surface area contributed by atoms with Crippen molar-refractivity contribution in [3.8, 4) is 0 Å². The van der Waals surface area contributed by atoms with Crippen LogP contribution in [0.4, 0.5) is 5.69 Å². The van der Waals surface area contributed by atoms with E-state index in [4.69, 9.17) is 0 Å². The molecule has 1 amide bonds. The number of hydrogen-bond acceptors (Lipinski definition) is 5. The van der Waals surface area contributed by atoms with Crippen LogP contribution in [0.3, 0.4) is 0 Å². The predicted octanol–water partition coefficient (Wildman–Crippen LogP) is 3.40. The topological polar surface area (TPSA) is 66.4 Å². The van der Waals surface area contributed by atoms with Crippen LogP contribution in [0.1, 0.15) is 12.5 Å². The molecule has 6 heteroatoms. The molecule has 0 saturated carbocycles. The molecule has 0 spiro atoms. The summed E-state index contributed by atoms with van der Waals surface area (Å²) < 4.78 is 0. The number of pyridine rings is 1. The first-order valence-electron chi connectivity index (χ1n) is 7.48. The Morgan fingerprint density at radius 2 is 1.92 bits per heavy atom. The van der Waals surface area contributed by atoms with Gasteiger partial charge in [0.05, 0.1) is 17.0 Å². The molecule has 1 aromatic heterocycles. The number of hydrogen-bond donors (Lipinski definition) is 2. The lowest BCUT2D eigenvalue weighted by Gasteiger charge is -2.22. The molecule has 24 heavy (non-hydrogen) atoms. The molecule has 3 heterocycles. The van der Waals surface area contributed by atoms with Crippen LogP contribution in [-0.2, 0) is 4.79 Å². The highest BCUT2D eigenvalue weighted by atomic mass is 32.2. The van der Waals surface area contributed by atoms with Crippen molar-refractivity contribution in [2.24, 2.45) is 5.10 Å². The maximum atomic E-state index is 12.1. The number of fused-ring (bicyclic) bond motifs is 1. The van der Waals surface area contributed by atoms with E-state index in [1.54, 1.807) is 18.0 Å². The number of anilines is 1. The number of allylic oxidation sites excluding steroid dienone is 1. The Labute approximate surface area is 143 Å². The standard InChI is InChI=1S/C18H14N4OS/c1-11-17(18(23)22-21-11)14-10-15(24-16-8-4-5-9-19-16)12-6-2-3-7-13(12)20-14/h2-10,20H,1H3,(H,22,23). The maximum Gasteiger partial charge on any atom is 0.275 e. The van der Waals surface area contributed by atoms with Gasteiger partial charge in [0.1, 0.15) is 5.03 Å². The van der Waals surface area contributed by atoms with E-state index < -0.39 is 0 Å². The van der Waals surface area contributed by atoms with Crippen molar-refractivity contribution in [2.45, 2.75) is 11.9 Å². The minimum Gasteiger partial charge on any atom is -0.354 e. The molecular formula is C18H14N4OS. The zero-order chi connectivity index (χ0) is 16.5. The van der Waals surface area contributed by atoms with Crippen molar-refractivity contribution in [3.63, 3.8) is 0 Å². The quantitative estimate of drug-likeness (QED) is 0.826. The van der Waals surface area contributed by atoms with Gasteiger partial charge in [-0.25, -0.2) is 10.4 Å². The summed E-state index contributed by atoms with van der Waals surface area (Å²) in [4.78, 5) is 17.5. The maximum absolute atomic E-state index is 12.1. The van der Waals surface area contributed by atoms with E-state index in [-0.39, 0.29) is 5.91 Å². The smallest absolute Gasteiger partial charge is 0.275 e. The lowest BCUT2D eigenvalue weighted by molar-refractivity contribution is -0.116. The lowest BCUT2D eigenvalue weighted by atomic mass is 10.0. The van der Waals surface area contributed by atoms with Gasteiger partial charge < -0.3 is 5.32 Å². The van der Waals surface area contributed by atoms with Crippen molar-refractivity contribution in [1.29, 1.82) is 0 Å². The average molecular weight is 334 g/mol. The first-order valence-corrected chi connectivity index (χ1v) is 8.30. The Bertz CT molecular complexity index is 916. The molecule has 0 unspecified atom stereocenters. The third-order valence-corrected chi connectivity index (χ3v) is 4.78. The van der Waals surface area contributed by atoms with Crippen molar-refractivity contribution in [2.75, 3.05) is 5.32 Å². The Balaban J connectivity index is 1.83. The molecule has 0 saturated heterocycles. The number of para-hydroxylation sites is 1. The summed E-state index contributed by atoms with van der Waals surface area (Å²) in [6.07, 6.45) is 3.76. The van der Waals surface area contributed by atoms with Crippen LogP contribution < -0.4 is 10.7 Å². The first-order chi connectivity index (χ1) is 11.7. The van der Waals surface area contributed by atoms with Gasteiger partial charge in [-0.2, -0.15) is 5.10 Å². The number of nitrogens with one attached hydrogen (secondary N) is 2. The van der Waals surface area contributed by atoms with Crippen LogP contribution in [0, 0.1) is 0 Å². The number of carbonyl (C=O) groups is 1. The number of rotatable bonds is 2. The number of carbonyl (C=O) groups excluding carboxylic acids is 1. The van der Waals surface area contributed by atoms with Crippen LogP contribution in [0.5, 0.6) is 0 Å². The average Bonchev–Trinajstić information content (AvgIpc) is 2.94. The number of amides is 1. The van der Waals surface area contributed by atoms with E-state index in [9.17, 15) is 4.79 Å². The second-order valence-electron chi connectivity index (χ2n) is 5.38. The minimum atomic E-state index is -0.187. The van der Waals surface area contributed by atoms with Gasteiger partial charge >= 0.3 is 0 Å². The molecule has 2 N–H and O–H groups in total. The molecule has 0 radical (unpaired) electrons. The van der Waals surface area contributed by atoms with Crippen molar-refractivity contribution < 1.29 is 4.79 Å². The zero-order valence-corrected chi connectivity index (χ0v) is 13.7. The van der Waals surface area contributed by atoms with Gasteiger partial charge in [0.2, 0.25) is 0 Å². The van der Waals surface area contributed by atoms with Crippen LogP contribution in [0.25, 0.3) is 4.91 Å². The van der Waals surface area contributed by atoms with Gasteiger partial charge in [0, 0.05) is 22.4 Å². The van der Waals surface area contributed by atoms with E-state index in [0.29, 0.717) is 11.3 Å². The summed E-state index contributed by atoms with van der Waals surface area (Å²) in [6.45, 7) is 1.82. The largest absolute Gasteiger partial charge is 0.354 e. The van der Waals surface area contributed by atoms with Crippen molar-refractivity contribution >= 4 is 34.0 Å². The SMILES string of the molecule is CC1=NNC(=O)C1=C1C=C(Sc2ccccn2)c2ccccc2N1. The highest BCUT2D eigenvalue weighted by Crippen LogP contribution is 2.41. The first kappa shape index (κ1) is 14.7. The van der Waals surface area contributed by atoms with Gasteiger partial charge in [0.25, 0.3) is 5.91 Å². The van der Waals surface area contributed by atoms with Crippen LogP contribution in [-0.4, -0.2) is 16.6 Å². The molecule has 0 aliphatic carbocycles. The molecule has 2 aliphatic heterocycles. The van der Waals surface area contributed by atoms with E-state index in [2.05, 4.69) is 26.9 Å². The molecule has 0 atom stereocenters. The van der Waals surface area contributed by atoms with Gasteiger partial charge in [-0.05, 0) is 31.2 Å². The lowest BCUT2D eigenvalue weighted by Crippen LogP contribution is -2.18. The second-order valence-corrected chi connectivity index (χ2v) is 6.44. The number of benzene rings is 1. The van der Waals surface area contributed by atoms with Crippen LogP contribution >= 0.6 is 11.8 Å². The summed E-state index contributed by atoms with van der Waals surface area (Å²) in [5.41, 5.74) is 6.57. The molecule has 0 fully saturated rings. The third kappa shape index (κ3) is 2.61. The predicted molar refractivity (Wildman–Crippen MR) is 96.4 cm³/mol. The summed E-state index contributed by atoms with van der Waals surface area (Å²) in [5.74, 6) is -0.187. The number of nitrogens with zero attached hydrogens (tertiary/aromatic N) is 2. The Kier molecular flexibility index (Phi) is 3.66. The molecule has 118 valence electrons. The summed E-state index contributed by atoms with van der Waals surface area (Å²) in [6, 6.07) is 13.9. The fourth-order valence-corrected chi connectivity index (χ4v) is 3.61. The zero-order valence-electron chi connectivity index (χ0n) is 12.9. The molecule has 2 aliphatic rings. The molecule has 1 aromatic carbocycles. The normalized spacial score (nSPS) is 19.1. The molecular weight excluding hydrogens is 320 g/mol. The fraction of sp³-hybridized carbons (Fsp3) is 0.0556. The molecule has 0 bridgehead atoms. The van der Waals surface area contributed by atoms with E-state index >= 15 is 0 Å². The fourth-order valence-electron chi connectivity index (χ4n) is 2.66. The van der Waals surface area contributed by atoms with Crippen molar-refractivity contribution in [3.05, 3.63) is 71.6 Å². The van der Waals surface area contributed by atoms with Crippen molar-refractivity contribution in [1.82, 2.24) is 10.4 Å². The summed E-state index contributed by atoms with van der Waals surface area (Å²) >= 11 is 1.58. The summed E-state index contributed by atoms with van der Waals surface area (Å²) in [7, 11) is 0. The number of thioether (sulfide) groups is 1.